The van der Waals surface area contributed by atoms with Crippen molar-refractivity contribution in [2.45, 2.75) is 32.1 Å². The van der Waals surface area contributed by atoms with Crippen LogP contribution in [0.15, 0.2) is 36.4 Å². The Labute approximate surface area is 157 Å². The van der Waals surface area contributed by atoms with E-state index < -0.39 is 0 Å². The fourth-order valence-corrected chi connectivity index (χ4v) is 2.94. The minimum atomic E-state index is 0.773. The number of aryl methyl sites for hydroxylation is 2. The van der Waals surface area contributed by atoms with Crippen LogP contribution in [-0.2, 0) is 12.8 Å². The van der Waals surface area contributed by atoms with Gasteiger partial charge in [0.15, 0.2) is 23.0 Å². The smallest absolute Gasteiger partial charge is 0.160 e. The predicted octanol–water partition coefficient (Wildman–Crippen LogP) is 4.88. The number of unbranched alkanes of at least 4 members (excludes halogenated alkanes) is 3. The molecule has 0 bridgehead atoms. The lowest BCUT2D eigenvalue weighted by Crippen LogP contribution is -1.94. The van der Waals surface area contributed by atoms with Crippen LogP contribution >= 0.6 is 0 Å². The summed E-state index contributed by atoms with van der Waals surface area (Å²) in [5.41, 5.74) is 2.54. The second kappa shape index (κ2) is 10.6. The van der Waals surface area contributed by atoms with Gasteiger partial charge in [-0.3, -0.25) is 0 Å². The van der Waals surface area contributed by atoms with Crippen molar-refractivity contribution in [3.05, 3.63) is 53.9 Å². The summed E-state index contributed by atoms with van der Waals surface area (Å²) in [6.45, 7) is 0. The van der Waals surface area contributed by atoms with Gasteiger partial charge in [0, 0.05) is 0 Å². The molecule has 0 spiro atoms. The molecule has 1 radical (unpaired) electrons. The Kier molecular flexibility index (Phi) is 8.13. The molecule has 0 saturated heterocycles. The fraction of sp³-hybridized carbons (Fsp3) is 0.409. The molecule has 0 amide bonds. The van der Waals surface area contributed by atoms with E-state index in [0.717, 1.165) is 55.1 Å². The molecule has 141 valence electrons. The monoisotopic (exact) mass is 357 g/mol. The number of hydrogen-bond donors (Lipinski definition) is 0. The van der Waals surface area contributed by atoms with Gasteiger partial charge >= 0.3 is 0 Å². The molecule has 0 unspecified atom stereocenters. The summed E-state index contributed by atoms with van der Waals surface area (Å²) in [5, 5.41) is 0. The molecule has 26 heavy (non-hydrogen) atoms. The fourth-order valence-electron chi connectivity index (χ4n) is 2.94. The molecule has 0 aromatic heterocycles. The van der Waals surface area contributed by atoms with Crippen LogP contribution < -0.4 is 18.9 Å². The lowest BCUT2D eigenvalue weighted by atomic mass is 10.0. The second-order valence-electron chi connectivity index (χ2n) is 6.10. The highest BCUT2D eigenvalue weighted by Crippen LogP contribution is 2.29. The van der Waals surface area contributed by atoms with Crippen LogP contribution in [0.2, 0.25) is 0 Å². The Morgan fingerprint density at radius 1 is 0.615 bits per heavy atom. The maximum absolute atomic E-state index is 5.35. The standard InChI is InChI=1S/C22H29O4/c1-23-19-13-11-17(15-21(19)25-3)9-7-5-6-8-10-18-12-14-20(24-2)22(16-18)26-4/h5,11-16H,6-10H2,1-4H3. The maximum Gasteiger partial charge on any atom is 0.160 e. The zero-order chi connectivity index (χ0) is 18.8. The summed E-state index contributed by atoms with van der Waals surface area (Å²) in [5.74, 6) is 3.13. The third kappa shape index (κ3) is 5.58. The van der Waals surface area contributed by atoms with Gasteiger partial charge in [-0.2, -0.15) is 0 Å². The van der Waals surface area contributed by atoms with Crippen LogP contribution in [0, 0.1) is 6.42 Å². The first kappa shape index (κ1) is 20.0. The topological polar surface area (TPSA) is 36.9 Å². The average Bonchev–Trinajstić information content (AvgIpc) is 2.70. The van der Waals surface area contributed by atoms with E-state index in [-0.39, 0.29) is 0 Å². The summed E-state index contributed by atoms with van der Waals surface area (Å²) >= 11 is 0. The molecule has 2 rings (SSSR count). The lowest BCUT2D eigenvalue weighted by molar-refractivity contribution is 0.354. The Morgan fingerprint density at radius 2 is 1.12 bits per heavy atom. The van der Waals surface area contributed by atoms with Gasteiger partial charge in [-0.15, -0.1) is 0 Å². The van der Waals surface area contributed by atoms with E-state index in [4.69, 9.17) is 18.9 Å². The van der Waals surface area contributed by atoms with Crippen LogP contribution in [0.3, 0.4) is 0 Å². The molecule has 2 aromatic carbocycles. The molecule has 4 heteroatoms. The first-order chi connectivity index (χ1) is 12.7. The van der Waals surface area contributed by atoms with E-state index in [1.807, 2.05) is 12.1 Å². The van der Waals surface area contributed by atoms with E-state index in [0.29, 0.717) is 0 Å². The van der Waals surface area contributed by atoms with Gasteiger partial charge in [-0.25, -0.2) is 0 Å². The number of hydrogen-bond acceptors (Lipinski definition) is 4. The number of ether oxygens (including phenoxy) is 4. The van der Waals surface area contributed by atoms with Crippen molar-refractivity contribution < 1.29 is 18.9 Å². The van der Waals surface area contributed by atoms with Gasteiger partial charge < -0.3 is 18.9 Å². The van der Waals surface area contributed by atoms with E-state index in [1.165, 1.54) is 11.1 Å². The highest BCUT2D eigenvalue weighted by Gasteiger charge is 2.06. The van der Waals surface area contributed by atoms with Crippen LogP contribution in [0.5, 0.6) is 23.0 Å². The summed E-state index contributed by atoms with van der Waals surface area (Å²) in [7, 11) is 6.65. The third-order valence-electron chi connectivity index (χ3n) is 4.41. The van der Waals surface area contributed by atoms with Gasteiger partial charge in [0.1, 0.15) is 0 Å². The molecule has 2 aromatic rings. The van der Waals surface area contributed by atoms with E-state index in [2.05, 4.69) is 30.7 Å². The number of methoxy groups -OCH3 is 4. The first-order valence-electron chi connectivity index (χ1n) is 8.95. The molecule has 0 aliphatic rings. The largest absolute Gasteiger partial charge is 0.493 e. The van der Waals surface area contributed by atoms with Crippen molar-refractivity contribution in [3.8, 4) is 23.0 Å². The molecule has 0 saturated carbocycles. The minimum Gasteiger partial charge on any atom is -0.493 e. The molecular weight excluding hydrogens is 328 g/mol. The lowest BCUT2D eigenvalue weighted by Gasteiger charge is -2.10. The van der Waals surface area contributed by atoms with Gasteiger partial charge in [0.25, 0.3) is 0 Å². The summed E-state index contributed by atoms with van der Waals surface area (Å²) in [4.78, 5) is 0. The average molecular weight is 357 g/mol. The number of rotatable bonds is 11. The van der Waals surface area contributed by atoms with Gasteiger partial charge in [-0.1, -0.05) is 12.1 Å². The van der Waals surface area contributed by atoms with Crippen LogP contribution in [0.1, 0.15) is 30.4 Å². The highest BCUT2D eigenvalue weighted by atomic mass is 16.5. The maximum atomic E-state index is 5.35. The Balaban J connectivity index is 1.71. The molecule has 4 nitrogen and oxygen atoms in total. The molecule has 0 aliphatic heterocycles. The second-order valence-corrected chi connectivity index (χ2v) is 6.10. The third-order valence-corrected chi connectivity index (χ3v) is 4.41. The molecular formula is C22H29O4. The first-order valence-corrected chi connectivity index (χ1v) is 8.95. The van der Waals surface area contributed by atoms with Crippen molar-refractivity contribution >= 4 is 0 Å². The Bertz CT molecular complexity index is 622. The van der Waals surface area contributed by atoms with Gasteiger partial charge in [0.2, 0.25) is 0 Å². The van der Waals surface area contributed by atoms with Gasteiger partial charge in [-0.05, 0) is 73.9 Å². The minimum absolute atomic E-state index is 0.773. The molecule has 0 N–H and O–H groups in total. The molecule has 0 aliphatic carbocycles. The van der Waals surface area contributed by atoms with Gasteiger partial charge in [0.05, 0.1) is 28.4 Å². The van der Waals surface area contributed by atoms with E-state index in [1.54, 1.807) is 28.4 Å². The zero-order valence-electron chi connectivity index (χ0n) is 16.2. The van der Waals surface area contributed by atoms with Crippen LogP contribution in [0.4, 0.5) is 0 Å². The van der Waals surface area contributed by atoms with Crippen LogP contribution in [-0.4, -0.2) is 28.4 Å². The summed E-state index contributed by atoms with van der Waals surface area (Å²) in [6.07, 6.45) is 7.69. The van der Waals surface area contributed by atoms with Crippen molar-refractivity contribution in [2.75, 3.05) is 28.4 Å². The molecule has 0 fully saturated rings. The Hall–Kier alpha value is -2.36. The van der Waals surface area contributed by atoms with Crippen molar-refractivity contribution in [3.63, 3.8) is 0 Å². The normalized spacial score (nSPS) is 10.5. The van der Waals surface area contributed by atoms with E-state index in [9.17, 15) is 0 Å². The zero-order valence-corrected chi connectivity index (χ0v) is 16.2. The SMILES string of the molecule is COc1ccc(CC[CH]CCCc2ccc(OC)c(OC)c2)cc1OC. The Morgan fingerprint density at radius 3 is 1.62 bits per heavy atom. The summed E-state index contributed by atoms with van der Waals surface area (Å²) in [6, 6.07) is 12.2. The highest BCUT2D eigenvalue weighted by molar-refractivity contribution is 5.43. The summed E-state index contributed by atoms with van der Waals surface area (Å²) < 4.78 is 21.3. The predicted molar refractivity (Wildman–Crippen MR) is 105 cm³/mol. The van der Waals surface area contributed by atoms with Crippen molar-refractivity contribution in [2.24, 2.45) is 0 Å². The van der Waals surface area contributed by atoms with Crippen LogP contribution in [0.25, 0.3) is 0 Å². The van der Waals surface area contributed by atoms with Crippen molar-refractivity contribution in [1.29, 1.82) is 0 Å². The number of benzene rings is 2. The molecule has 0 heterocycles. The molecule has 0 atom stereocenters. The van der Waals surface area contributed by atoms with Crippen molar-refractivity contribution in [1.82, 2.24) is 0 Å². The van der Waals surface area contributed by atoms with E-state index >= 15 is 0 Å². The quantitative estimate of drug-likeness (QED) is 0.537.